The van der Waals surface area contributed by atoms with Crippen LogP contribution >= 0.6 is 0 Å². The van der Waals surface area contributed by atoms with Crippen molar-refractivity contribution in [1.29, 1.82) is 1.43 Å². The molecule has 1 aliphatic rings. The highest BCUT2D eigenvalue weighted by Crippen LogP contribution is 2.52. The van der Waals surface area contributed by atoms with Crippen LogP contribution in [0.25, 0.3) is 0 Å². The Bertz CT molecular complexity index is 325. The Morgan fingerprint density at radius 2 is 2.38 bits per heavy atom. The number of hydrogen-bond donors (Lipinski definition) is 1. The Labute approximate surface area is 78.7 Å². The molecule has 1 aromatic carbocycles. The van der Waals surface area contributed by atoms with E-state index in [2.05, 4.69) is 5.11 Å². The van der Waals surface area contributed by atoms with Gasteiger partial charge in [0, 0.05) is 6.61 Å². The summed E-state index contributed by atoms with van der Waals surface area (Å²) in [6.45, 7) is 0.341. The van der Waals surface area contributed by atoms with E-state index in [1.807, 2.05) is 30.3 Å². The lowest BCUT2D eigenvalue weighted by Gasteiger charge is -2.08. The zero-order valence-electron chi connectivity index (χ0n) is 8.27. The van der Waals surface area contributed by atoms with Gasteiger partial charge in [-0.1, -0.05) is 30.3 Å². The molecule has 2 rings (SSSR count). The molecule has 0 bridgehead atoms. The molecule has 0 saturated heterocycles. The SMILES string of the molecule is [3H]OC[C@@H]1C[C@@]1(C=O)c1ccccc1. The lowest BCUT2D eigenvalue weighted by Crippen LogP contribution is -2.13. The Balaban J connectivity index is 2.21. The van der Waals surface area contributed by atoms with Crippen molar-refractivity contribution in [2.24, 2.45) is 5.92 Å². The second kappa shape index (κ2) is 2.96. The maximum Gasteiger partial charge on any atom is 0.210 e. The molecule has 1 aromatic rings. The fourth-order valence-corrected chi connectivity index (χ4v) is 1.87. The van der Waals surface area contributed by atoms with Gasteiger partial charge >= 0.3 is 0 Å². The van der Waals surface area contributed by atoms with Gasteiger partial charge in [-0.05, 0) is 17.9 Å². The summed E-state index contributed by atoms with van der Waals surface area (Å²) in [5.41, 5.74) is 0.666. The van der Waals surface area contributed by atoms with Crippen LogP contribution in [-0.2, 0) is 10.2 Å². The molecule has 1 fully saturated rings. The third-order valence-electron chi connectivity index (χ3n) is 2.88. The van der Waals surface area contributed by atoms with E-state index in [1.54, 1.807) is 0 Å². The van der Waals surface area contributed by atoms with Crippen molar-refractivity contribution in [1.82, 2.24) is 0 Å². The molecule has 2 heteroatoms. The first-order valence-corrected chi connectivity index (χ1v) is 4.43. The number of aliphatic hydroxyl groups is 1. The Kier molecular flexibility index (Phi) is 1.66. The number of carbonyl (C=O) groups excluding carboxylic acids is 1. The Hall–Kier alpha value is -1.15. The average Bonchev–Trinajstić information content (AvgIpc) is 2.95. The largest absolute Gasteiger partial charge is 0.396 e. The summed E-state index contributed by atoms with van der Waals surface area (Å²) in [5, 5.41) is 4.34. The van der Waals surface area contributed by atoms with Crippen molar-refractivity contribution >= 4 is 6.29 Å². The van der Waals surface area contributed by atoms with Crippen LogP contribution in [0.2, 0.25) is 0 Å². The van der Waals surface area contributed by atoms with Gasteiger partial charge in [-0.25, -0.2) is 0 Å². The van der Waals surface area contributed by atoms with Gasteiger partial charge in [-0.15, -0.1) is 0 Å². The van der Waals surface area contributed by atoms with Crippen LogP contribution in [0, 0.1) is 5.92 Å². The minimum absolute atomic E-state index is 0.180. The molecule has 1 N–H and O–H groups in total. The van der Waals surface area contributed by atoms with Gasteiger partial charge in [-0.2, -0.15) is 0 Å². The van der Waals surface area contributed by atoms with Crippen molar-refractivity contribution in [3.63, 3.8) is 0 Å². The van der Waals surface area contributed by atoms with Crippen LogP contribution in [0.15, 0.2) is 30.3 Å². The Morgan fingerprint density at radius 3 is 3.00 bits per heavy atom. The first-order valence-electron chi connectivity index (χ1n) is 4.84. The maximum absolute atomic E-state index is 11.1. The van der Waals surface area contributed by atoms with Crippen LogP contribution in [-0.4, -0.2) is 19.4 Å². The van der Waals surface area contributed by atoms with E-state index in [4.69, 9.17) is 1.43 Å². The molecule has 13 heavy (non-hydrogen) atoms. The summed E-state index contributed by atoms with van der Waals surface area (Å²) in [5.74, 6) is 0.180. The standard InChI is InChI=1S/C11H12O2/c12-7-10-6-11(10,8-13)9-4-2-1-3-5-9/h1-5,8,10,12H,6-7H2/t10-,11+/m0/s1/i12T. The summed E-state index contributed by atoms with van der Waals surface area (Å²) < 4.78 is 6.67. The van der Waals surface area contributed by atoms with Crippen molar-refractivity contribution in [2.75, 3.05) is 6.61 Å². The normalized spacial score (nSPS) is 32.3. The number of aliphatic hydroxyl groups excluding tert-OH is 1. The van der Waals surface area contributed by atoms with Crippen LogP contribution < -0.4 is 0 Å². The molecule has 2 atom stereocenters. The van der Waals surface area contributed by atoms with Crippen molar-refractivity contribution in [3.05, 3.63) is 35.9 Å². The van der Waals surface area contributed by atoms with Gasteiger partial charge < -0.3 is 9.90 Å². The highest BCUT2D eigenvalue weighted by molar-refractivity contribution is 5.74. The van der Waals surface area contributed by atoms with Gasteiger partial charge in [0.15, 0.2) is 0 Å². The molecule has 0 amide bonds. The summed E-state index contributed by atoms with van der Waals surface area (Å²) in [4.78, 5) is 11.1. The molecule has 1 saturated carbocycles. The van der Waals surface area contributed by atoms with Crippen LogP contribution in [0.1, 0.15) is 12.0 Å². The van der Waals surface area contributed by atoms with Crippen molar-refractivity contribution < 1.29 is 9.90 Å². The van der Waals surface area contributed by atoms with E-state index in [9.17, 15) is 4.79 Å². The lowest BCUT2D eigenvalue weighted by molar-refractivity contribution is -0.110. The van der Waals surface area contributed by atoms with E-state index in [0.29, 0.717) is 6.61 Å². The predicted molar refractivity (Wildman–Crippen MR) is 49.4 cm³/mol. The molecule has 1 aliphatic carbocycles. The zero-order valence-corrected chi connectivity index (χ0v) is 7.27. The second-order valence-electron chi connectivity index (χ2n) is 3.59. The summed E-state index contributed by atoms with van der Waals surface area (Å²) >= 11 is 0. The molecule has 0 aliphatic heterocycles. The van der Waals surface area contributed by atoms with E-state index < -0.39 is 0 Å². The predicted octanol–water partition coefficient (Wildman–Crippen LogP) is 1.14. The van der Waals surface area contributed by atoms with E-state index in [-0.39, 0.29) is 11.3 Å². The number of benzene rings is 1. The molecule has 0 heterocycles. The zero-order chi connectivity index (χ0) is 10.0. The van der Waals surface area contributed by atoms with E-state index in [1.165, 1.54) is 0 Å². The minimum Gasteiger partial charge on any atom is -0.396 e. The van der Waals surface area contributed by atoms with Gasteiger partial charge in [0.1, 0.15) is 6.29 Å². The highest BCUT2D eigenvalue weighted by atomic mass is 16.3. The van der Waals surface area contributed by atoms with E-state index >= 15 is 0 Å². The number of carbonyl (C=O) groups is 1. The van der Waals surface area contributed by atoms with Crippen molar-refractivity contribution in [2.45, 2.75) is 11.8 Å². The Morgan fingerprint density at radius 1 is 1.62 bits per heavy atom. The van der Waals surface area contributed by atoms with Crippen LogP contribution in [0.5, 0.6) is 0 Å². The number of hydrogen-bond acceptors (Lipinski definition) is 2. The highest BCUT2D eigenvalue weighted by Gasteiger charge is 2.54. The molecule has 0 radical (unpaired) electrons. The molecule has 68 valence electrons. The smallest absolute Gasteiger partial charge is 0.210 e. The van der Waals surface area contributed by atoms with Gasteiger partial charge in [-0.3, -0.25) is 0 Å². The molecule has 0 aromatic heterocycles. The topological polar surface area (TPSA) is 37.3 Å². The first kappa shape index (κ1) is 7.27. The quantitative estimate of drug-likeness (QED) is 0.702. The van der Waals surface area contributed by atoms with Gasteiger partial charge in [0.2, 0.25) is 1.43 Å². The van der Waals surface area contributed by atoms with Crippen molar-refractivity contribution in [3.8, 4) is 0 Å². The third-order valence-corrected chi connectivity index (χ3v) is 2.88. The number of aldehydes is 1. The first-order chi connectivity index (χ1) is 6.83. The maximum atomic E-state index is 11.1. The molecule has 2 nitrogen and oxygen atoms in total. The molecular formula is C11H12O2. The van der Waals surface area contributed by atoms with Crippen LogP contribution in [0.3, 0.4) is 0 Å². The average molecular weight is 178 g/mol. The van der Waals surface area contributed by atoms with Gasteiger partial charge in [0.05, 0.1) is 5.41 Å². The fraction of sp³-hybridized carbons (Fsp3) is 0.364. The summed E-state index contributed by atoms with van der Waals surface area (Å²) in [6, 6.07) is 9.70. The monoisotopic (exact) mass is 178 g/mol. The summed E-state index contributed by atoms with van der Waals surface area (Å²) in [6.07, 6.45) is 1.80. The minimum atomic E-state index is -0.373. The lowest BCUT2D eigenvalue weighted by atomic mass is 9.95. The third kappa shape index (κ3) is 1.18. The molecule has 0 unspecified atom stereocenters. The second-order valence-corrected chi connectivity index (χ2v) is 3.59. The number of rotatable bonds is 4. The fourth-order valence-electron chi connectivity index (χ4n) is 1.87. The van der Waals surface area contributed by atoms with Crippen LogP contribution in [0.4, 0.5) is 0 Å². The van der Waals surface area contributed by atoms with E-state index in [0.717, 1.165) is 18.3 Å². The molecule has 0 spiro atoms. The van der Waals surface area contributed by atoms with Gasteiger partial charge in [0.25, 0.3) is 0 Å². The molecular weight excluding hydrogens is 164 g/mol. The summed E-state index contributed by atoms with van der Waals surface area (Å²) in [7, 11) is 0.